The van der Waals surface area contributed by atoms with Gasteiger partial charge in [-0.2, -0.15) is 0 Å². The van der Waals surface area contributed by atoms with Crippen molar-refractivity contribution in [1.29, 1.82) is 0 Å². The quantitative estimate of drug-likeness (QED) is 0.824. The van der Waals surface area contributed by atoms with Crippen LogP contribution in [0.3, 0.4) is 0 Å². The number of carbonyl (C=O) groups excluding carboxylic acids is 1. The Kier molecular flexibility index (Phi) is 5.41. The predicted octanol–water partition coefficient (Wildman–Crippen LogP) is 3.28. The second kappa shape index (κ2) is 6.77. The minimum absolute atomic E-state index is 0.0175. The molecule has 7 heteroatoms. The monoisotopic (exact) mass is 363 g/mol. The van der Waals surface area contributed by atoms with E-state index < -0.39 is 9.84 Å². The molecule has 1 fully saturated rings. The van der Waals surface area contributed by atoms with Crippen molar-refractivity contribution in [2.24, 2.45) is 5.92 Å². The van der Waals surface area contributed by atoms with Gasteiger partial charge >= 0.3 is 0 Å². The average Bonchev–Trinajstić information content (AvgIpc) is 2.78. The minimum atomic E-state index is -3.06. The third kappa shape index (κ3) is 4.15. The van der Waals surface area contributed by atoms with Crippen molar-refractivity contribution in [1.82, 2.24) is 4.90 Å². The molecule has 1 aromatic rings. The predicted molar refractivity (Wildman–Crippen MR) is 89.4 cm³/mol. The van der Waals surface area contributed by atoms with E-state index in [2.05, 4.69) is 0 Å². The van der Waals surface area contributed by atoms with Crippen molar-refractivity contribution < 1.29 is 13.2 Å². The van der Waals surface area contributed by atoms with Gasteiger partial charge in [-0.3, -0.25) is 4.79 Å². The molecule has 0 aliphatic carbocycles. The highest BCUT2D eigenvalue weighted by Gasteiger charge is 2.35. The lowest BCUT2D eigenvalue weighted by Crippen LogP contribution is -2.43. The fourth-order valence-corrected chi connectivity index (χ4v) is 4.73. The Labute approximate surface area is 141 Å². The van der Waals surface area contributed by atoms with Gasteiger partial charge in [-0.25, -0.2) is 8.42 Å². The highest BCUT2D eigenvalue weighted by molar-refractivity contribution is 7.91. The van der Waals surface area contributed by atoms with Crippen molar-refractivity contribution in [3.63, 3.8) is 0 Å². The summed E-state index contributed by atoms with van der Waals surface area (Å²) in [4.78, 5) is 14.5. The molecule has 0 aromatic heterocycles. The van der Waals surface area contributed by atoms with Crippen LogP contribution in [-0.4, -0.2) is 43.3 Å². The fourth-order valence-electron chi connectivity index (χ4n) is 2.63. The first-order valence-corrected chi connectivity index (χ1v) is 9.74. The van der Waals surface area contributed by atoms with Crippen LogP contribution in [0.2, 0.25) is 10.0 Å². The van der Waals surface area contributed by atoms with E-state index in [1.807, 2.05) is 13.8 Å². The second-order valence-corrected chi connectivity index (χ2v) is 9.10. The smallest absolute Gasteiger partial charge is 0.255 e. The van der Waals surface area contributed by atoms with Gasteiger partial charge in [0.25, 0.3) is 5.91 Å². The Morgan fingerprint density at radius 2 is 2.05 bits per heavy atom. The lowest BCUT2D eigenvalue weighted by Gasteiger charge is -2.30. The lowest BCUT2D eigenvalue weighted by molar-refractivity contribution is 0.0672. The summed E-state index contributed by atoms with van der Waals surface area (Å²) in [5, 5.41) is 0.750. The highest BCUT2D eigenvalue weighted by Crippen LogP contribution is 2.26. The van der Waals surface area contributed by atoms with E-state index in [0.29, 0.717) is 28.6 Å². The van der Waals surface area contributed by atoms with E-state index in [0.717, 1.165) is 0 Å². The molecule has 122 valence electrons. The largest absolute Gasteiger partial charge is 0.334 e. The van der Waals surface area contributed by atoms with Crippen molar-refractivity contribution in [3.8, 4) is 0 Å². The lowest BCUT2D eigenvalue weighted by atomic mass is 10.1. The molecule has 2 rings (SSSR count). The maximum absolute atomic E-state index is 12.8. The topological polar surface area (TPSA) is 54.5 Å². The van der Waals surface area contributed by atoms with Crippen LogP contribution in [0.5, 0.6) is 0 Å². The Hall–Kier alpha value is -0.780. The zero-order valence-electron chi connectivity index (χ0n) is 12.6. The number of nitrogens with zero attached hydrogens (tertiary/aromatic N) is 1. The summed E-state index contributed by atoms with van der Waals surface area (Å²) in [7, 11) is -3.06. The molecule has 0 N–H and O–H groups in total. The van der Waals surface area contributed by atoms with Gasteiger partial charge in [0.15, 0.2) is 9.84 Å². The number of carbonyl (C=O) groups is 1. The van der Waals surface area contributed by atoms with Crippen LogP contribution in [0, 0.1) is 5.92 Å². The molecular weight excluding hydrogens is 345 g/mol. The molecule has 1 saturated heterocycles. The van der Waals surface area contributed by atoms with Gasteiger partial charge in [-0.15, -0.1) is 0 Å². The van der Waals surface area contributed by atoms with Crippen LogP contribution in [0.25, 0.3) is 0 Å². The fraction of sp³-hybridized carbons (Fsp3) is 0.533. The number of halogens is 2. The van der Waals surface area contributed by atoms with Crippen LogP contribution in [0.1, 0.15) is 30.6 Å². The zero-order valence-corrected chi connectivity index (χ0v) is 14.9. The van der Waals surface area contributed by atoms with Gasteiger partial charge in [0.05, 0.1) is 22.1 Å². The van der Waals surface area contributed by atoms with E-state index in [1.165, 1.54) is 6.07 Å². The van der Waals surface area contributed by atoms with E-state index >= 15 is 0 Å². The van der Waals surface area contributed by atoms with Gasteiger partial charge < -0.3 is 4.90 Å². The average molecular weight is 364 g/mol. The van der Waals surface area contributed by atoms with Crippen LogP contribution < -0.4 is 0 Å². The normalized spacial score (nSPS) is 20.3. The molecule has 4 nitrogen and oxygen atoms in total. The zero-order chi connectivity index (χ0) is 16.5. The molecule has 0 saturated carbocycles. The van der Waals surface area contributed by atoms with Crippen molar-refractivity contribution in [3.05, 3.63) is 33.8 Å². The van der Waals surface area contributed by atoms with Crippen molar-refractivity contribution in [2.45, 2.75) is 26.3 Å². The first kappa shape index (κ1) is 17.6. The van der Waals surface area contributed by atoms with Gasteiger partial charge in [-0.05, 0) is 30.5 Å². The number of benzene rings is 1. The maximum atomic E-state index is 12.8. The minimum Gasteiger partial charge on any atom is -0.334 e. The Balaban J connectivity index is 2.33. The summed E-state index contributed by atoms with van der Waals surface area (Å²) in [5.74, 6) is 0.112. The second-order valence-electron chi connectivity index (χ2n) is 6.03. The summed E-state index contributed by atoms with van der Waals surface area (Å²) in [6, 6.07) is 4.43. The third-order valence-corrected chi connectivity index (χ3v) is 5.95. The van der Waals surface area contributed by atoms with Gasteiger partial charge in [0.1, 0.15) is 0 Å². The summed E-state index contributed by atoms with van der Waals surface area (Å²) in [5.41, 5.74) is 0.319. The molecule has 0 bridgehead atoms. The van der Waals surface area contributed by atoms with Crippen LogP contribution >= 0.6 is 23.2 Å². The van der Waals surface area contributed by atoms with Crippen LogP contribution in [0.4, 0.5) is 0 Å². The summed E-state index contributed by atoms with van der Waals surface area (Å²) < 4.78 is 23.5. The molecule has 1 aromatic carbocycles. The standard InChI is InChI=1S/C15H19Cl2NO3S/c1-10(2)8-18(12-5-6-22(20,21)9-12)15(19)13-7-11(16)3-4-14(13)17/h3-4,7,10,12H,5-6,8-9H2,1-2H3/t12-/m1/s1. The summed E-state index contributed by atoms with van der Waals surface area (Å²) in [6.07, 6.45) is 0.471. The molecule has 0 spiro atoms. The summed E-state index contributed by atoms with van der Waals surface area (Å²) in [6.45, 7) is 4.47. The molecular formula is C15H19Cl2NO3S. The van der Waals surface area contributed by atoms with E-state index in [4.69, 9.17) is 23.2 Å². The van der Waals surface area contributed by atoms with Crippen LogP contribution in [-0.2, 0) is 9.84 Å². The highest BCUT2D eigenvalue weighted by atomic mass is 35.5. The first-order chi connectivity index (χ1) is 10.2. The van der Waals surface area contributed by atoms with Crippen LogP contribution in [0.15, 0.2) is 18.2 Å². The molecule has 1 aliphatic heterocycles. The molecule has 1 aliphatic rings. The van der Waals surface area contributed by atoms with Gasteiger partial charge in [0, 0.05) is 17.6 Å². The molecule has 1 atom stereocenters. The molecule has 0 radical (unpaired) electrons. The number of hydrogen-bond acceptors (Lipinski definition) is 3. The van der Waals surface area contributed by atoms with Gasteiger partial charge in [-0.1, -0.05) is 37.0 Å². The summed E-state index contributed by atoms with van der Waals surface area (Å²) >= 11 is 12.1. The van der Waals surface area contributed by atoms with E-state index in [1.54, 1.807) is 17.0 Å². The Bertz CT molecular complexity index is 673. The van der Waals surface area contributed by atoms with E-state index in [-0.39, 0.29) is 29.4 Å². The maximum Gasteiger partial charge on any atom is 0.255 e. The number of sulfone groups is 1. The number of rotatable bonds is 4. The molecule has 0 unspecified atom stereocenters. The van der Waals surface area contributed by atoms with Crippen molar-refractivity contribution in [2.75, 3.05) is 18.1 Å². The SMILES string of the molecule is CC(C)CN(C(=O)c1cc(Cl)ccc1Cl)[C@@H]1CCS(=O)(=O)C1. The number of hydrogen-bond donors (Lipinski definition) is 0. The molecule has 1 amide bonds. The Morgan fingerprint density at radius 1 is 1.36 bits per heavy atom. The third-order valence-electron chi connectivity index (χ3n) is 3.63. The van der Waals surface area contributed by atoms with Gasteiger partial charge in [0.2, 0.25) is 0 Å². The van der Waals surface area contributed by atoms with Crippen molar-refractivity contribution >= 4 is 38.9 Å². The van der Waals surface area contributed by atoms with E-state index in [9.17, 15) is 13.2 Å². The molecule has 1 heterocycles. The first-order valence-electron chi connectivity index (χ1n) is 7.16. The Morgan fingerprint density at radius 3 is 2.59 bits per heavy atom. The number of amides is 1. The molecule has 22 heavy (non-hydrogen) atoms.